The Balaban J connectivity index is 1.22. The molecule has 2 aliphatic heterocycles. The molecule has 2 aliphatic rings. The summed E-state index contributed by atoms with van der Waals surface area (Å²) in [5.74, 6) is 1.79. The molecule has 11 nitrogen and oxygen atoms in total. The first-order valence-corrected chi connectivity index (χ1v) is 14.3. The molecule has 226 valence electrons. The zero-order valence-corrected chi connectivity index (χ0v) is 24.3. The molecule has 0 radical (unpaired) electrons. The predicted octanol–water partition coefficient (Wildman–Crippen LogP) is 4.11. The van der Waals surface area contributed by atoms with Crippen LogP contribution in [0.15, 0.2) is 60.7 Å². The van der Waals surface area contributed by atoms with E-state index in [2.05, 4.69) is 16.0 Å². The van der Waals surface area contributed by atoms with Crippen LogP contribution in [0, 0.1) is 0 Å². The van der Waals surface area contributed by atoms with Gasteiger partial charge in [0.1, 0.15) is 6.04 Å². The van der Waals surface area contributed by atoms with Crippen molar-refractivity contribution in [2.75, 3.05) is 39.4 Å². The molecular formula is C32H36N4O7. The topological polar surface area (TPSA) is 127 Å². The van der Waals surface area contributed by atoms with Gasteiger partial charge in [0.2, 0.25) is 12.7 Å². The van der Waals surface area contributed by atoms with Crippen molar-refractivity contribution in [3.05, 3.63) is 77.4 Å². The molecule has 0 saturated carbocycles. The number of nitrogens with zero attached hydrogens (tertiary/aromatic N) is 1. The summed E-state index contributed by atoms with van der Waals surface area (Å²) in [4.78, 5) is 41.1. The Labute approximate surface area is 250 Å². The first-order chi connectivity index (χ1) is 20.9. The summed E-state index contributed by atoms with van der Waals surface area (Å²) in [5, 5.41) is 8.57. The van der Waals surface area contributed by atoms with Crippen LogP contribution in [0.2, 0.25) is 0 Å². The molecule has 1 atom stereocenters. The Morgan fingerprint density at radius 3 is 2.42 bits per heavy atom. The number of para-hydroxylation sites is 1. The first-order valence-electron chi connectivity index (χ1n) is 14.3. The summed E-state index contributed by atoms with van der Waals surface area (Å²) in [7, 11) is 3.18. The molecule has 11 heteroatoms. The average molecular weight is 589 g/mol. The van der Waals surface area contributed by atoms with Crippen LogP contribution in [0.3, 0.4) is 0 Å². The van der Waals surface area contributed by atoms with Gasteiger partial charge in [-0.1, -0.05) is 18.2 Å². The largest absolute Gasteiger partial charge is 0.493 e. The van der Waals surface area contributed by atoms with Crippen molar-refractivity contribution in [2.45, 2.75) is 38.3 Å². The minimum atomic E-state index is -0.752. The maximum atomic E-state index is 13.8. The van der Waals surface area contributed by atoms with Gasteiger partial charge in [0, 0.05) is 30.9 Å². The Morgan fingerprint density at radius 2 is 1.65 bits per heavy atom. The van der Waals surface area contributed by atoms with E-state index < -0.39 is 6.04 Å². The van der Waals surface area contributed by atoms with Crippen molar-refractivity contribution in [1.82, 2.24) is 15.5 Å². The Kier molecular flexibility index (Phi) is 9.50. The van der Waals surface area contributed by atoms with Gasteiger partial charge in [0.25, 0.3) is 5.91 Å². The number of fused-ring (bicyclic) bond motifs is 2. The van der Waals surface area contributed by atoms with E-state index in [1.165, 1.54) is 0 Å². The molecule has 3 aromatic rings. The Morgan fingerprint density at radius 1 is 0.907 bits per heavy atom. The van der Waals surface area contributed by atoms with Crippen LogP contribution in [-0.2, 0) is 17.8 Å². The fourth-order valence-corrected chi connectivity index (χ4v) is 5.20. The molecule has 0 fully saturated rings. The van der Waals surface area contributed by atoms with Crippen LogP contribution in [0.25, 0.3) is 0 Å². The van der Waals surface area contributed by atoms with E-state index in [1.54, 1.807) is 37.3 Å². The second-order valence-corrected chi connectivity index (χ2v) is 10.3. The highest BCUT2D eigenvalue weighted by molar-refractivity contribution is 5.98. The van der Waals surface area contributed by atoms with Crippen LogP contribution in [-0.4, -0.2) is 62.9 Å². The fourth-order valence-electron chi connectivity index (χ4n) is 5.20. The number of amides is 4. The van der Waals surface area contributed by atoms with Gasteiger partial charge in [-0.15, -0.1) is 0 Å². The van der Waals surface area contributed by atoms with E-state index in [4.69, 9.17) is 18.9 Å². The summed E-state index contributed by atoms with van der Waals surface area (Å²) in [6.07, 6.45) is 2.31. The number of methoxy groups -OCH3 is 2. The number of carbonyl (C=O) groups excluding carboxylic acids is 3. The smallest absolute Gasteiger partial charge is 0.319 e. The molecule has 43 heavy (non-hydrogen) atoms. The van der Waals surface area contributed by atoms with Gasteiger partial charge in [0.15, 0.2) is 23.0 Å². The molecule has 0 spiro atoms. The fraction of sp³-hybridized carbons (Fsp3) is 0.344. The minimum absolute atomic E-state index is 0.103. The Hall–Kier alpha value is -4.93. The van der Waals surface area contributed by atoms with Crippen molar-refractivity contribution in [3.8, 4) is 23.0 Å². The van der Waals surface area contributed by atoms with Crippen molar-refractivity contribution in [1.29, 1.82) is 0 Å². The number of carbonyl (C=O) groups is 3. The number of benzene rings is 3. The zero-order valence-electron chi connectivity index (χ0n) is 24.3. The molecule has 2 heterocycles. The van der Waals surface area contributed by atoms with E-state index in [-0.39, 0.29) is 24.6 Å². The number of unbranched alkanes of at least 4 members (excludes halogenated alkanes) is 1. The van der Waals surface area contributed by atoms with E-state index >= 15 is 0 Å². The Bertz CT molecular complexity index is 1460. The second kappa shape index (κ2) is 13.8. The van der Waals surface area contributed by atoms with Crippen molar-refractivity contribution in [2.24, 2.45) is 0 Å². The van der Waals surface area contributed by atoms with Gasteiger partial charge in [-0.25, -0.2) is 4.79 Å². The molecule has 1 unspecified atom stereocenters. The van der Waals surface area contributed by atoms with Gasteiger partial charge < -0.3 is 39.8 Å². The van der Waals surface area contributed by atoms with Gasteiger partial charge in [0.05, 0.1) is 14.2 Å². The second-order valence-electron chi connectivity index (χ2n) is 10.3. The molecule has 0 saturated heterocycles. The monoisotopic (exact) mass is 588 g/mol. The number of hydrogen-bond acceptors (Lipinski definition) is 7. The number of nitrogens with one attached hydrogen (secondary N) is 3. The molecule has 5 rings (SSSR count). The van der Waals surface area contributed by atoms with Crippen molar-refractivity contribution >= 4 is 23.5 Å². The first kappa shape index (κ1) is 29.6. The lowest BCUT2D eigenvalue weighted by atomic mass is 9.97. The van der Waals surface area contributed by atoms with Crippen LogP contribution in [0.1, 0.15) is 40.7 Å². The zero-order chi connectivity index (χ0) is 30.2. The predicted molar refractivity (Wildman–Crippen MR) is 160 cm³/mol. The lowest BCUT2D eigenvalue weighted by molar-refractivity contribution is -0.134. The SMILES string of the molecule is COc1cc2c(cc1OC)CN(C(=O)C(CCCCNC(=O)Nc1ccccc1)NC(=O)c1ccc3c(c1)OCO3)CC2. The van der Waals surface area contributed by atoms with E-state index in [0.29, 0.717) is 79.6 Å². The molecule has 3 N–H and O–H groups in total. The van der Waals surface area contributed by atoms with Crippen molar-refractivity contribution in [3.63, 3.8) is 0 Å². The van der Waals surface area contributed by atoms with Gasteiger partial charge >= 0.3 is 6.03 Å². The van der Waals surface area contributed by atoms with Crippen LogP contribution in [0.4, 0.5) is 10.5 Å². The molecule has 0 aromatic heterocycles. The molecule has 0 aliphatic carbocycles. The molecular weight excluding hydrogens is 552 g/mol. The summed E-state index contributed by atoms with van der Waals surface area (Å²) in [6.45, 7) is 1.44. The van der Waals surface area contributed by atoms with E-state index in [1.807, 2.05) is 42.5 Å². The molecule has 3 aromatic carbocycles. The van der Waals surface area contributed by atoms with E-state index in [9.17, 15) is 14.4 Å². The minimum Gasteiger partial charge on any atom is -0.493 e. The molecule has 4 amide bonds. The van der Waals surface area contributed by atoms with Crippen LogP contribution >= 0.6 is 0 Å². The highest BCUT2D eigenvalue weighted by atomic mass is 16.7. The number of anilines is 1. The quantitative estimate of drug-likeness (QED) is 0.288. The summed E-state index contributed by atoms with van der Waals surface area (Å²) in [6, 6.07) is 16.9. The van der Waals surface area contributed by atoms with Crippen molar-refractivity contribution < 1.29 is 33.3 Å². The summed E-state index contributed by atoms with van der Waals surface area (Å²) < 4.78 is 21.7. The van der Waals surface area contributed by atoms with Gasteiger partial charge in [-0.3, -0.25) is 9.59 Å². The number of urea groups is 1. The highest BCUT2D eigenvalue weighted by Crippen LogP contribution is 2.34. The number of ether oxygens (including phenoxy) is 4. The number of rotatable bonds is 11. The third kappa shape index (κ3) is 7.29. The average Bonchev–Trinajstić information content (AvgIpc) is 3.51. The normalized spacial score (nSPS) is 13.9. The maximum Gasteiger partial charge on any atom is 0.319 e. The van der Waals surface area contributed by atoms with E-state index in [0.717, 1.165) is 11.1 Å². The standard InChI is InChI=1S/C32H36N4O7/c1-40-27-16-21-13-15-36(19-23(21)18-28(27)41-2)31(38)25(35-30(37)22-11-12-26-29(17-22)43-20-42-26)10-6-7-14-33-32(39)34-24-8-4-3-5-9-24/h3-5,8-9,11-12,16-18,25H,6-7,10,13-15,19-20H2,1-2H3,(H,35,37)(H2,33,34,39). The maximum absolute atomic E-state index is 13.8. The van der Waals surface area contributed by atoms with Crippen LogP contribution in [0.5, 0.6) is 23.0 Å². The third-order valence-corrected chi connectivity index (χ3v) is 7.50. The third-order valence-electron chi connectivity index (χ3n) is 7.50. The lowest BCUT2D eigenvalue weighted by Gasteiger charge is -2.32. The summed E-state index contributed by atoms with van der Waals surface area (Å²) >= 11 is 0. The molecule has 0 bridgehead atoms. The van der Waals surface area contributed by atoms with Gasteiger partial charge in [-0.05, 0) is 79.3 Å². The van der Waals surface area contributed by atoms with Gasteiger partial charge in [-0.2, -0.15) is 0 Å². The number of hydrogen-bond donors (Lipinski definition) is 3. The summed E-state index contributed by atoms with van der Waals surface area (Å²) in [5.41, 5.74) is 3.16. The highest BCUT2D eigenvalue weighted by Gasteiger charge is 2.30. The van der Waals surface area contributed by atoms with Crippen LogP contribution < -0.4 is 34.9 Å². The lowest BCUT2D eigenvalue weighted by Crippen LogP contribution is -2.50.